The van der Waals surface area contributed by atoms with Crippen molar-refractivity contribution in [1.29, 1.82) is 0 Å². The first-order valence-electron chi connectivity index (χ1n) is 4.50. The van der Waals surface area contributed by atoms with Crippen LogP contribution in [0.5, 0.6) is 0 Å². The Hall–Kier alpha value is -1.68. The SMILES string of the molecule is CNCc1cccnc1-n1cccn1. The van der Waals surface area contributed by atoms with Crippen molar-refractivity contribution in [2.75, 3.05) is 7.05 Å². The molecule has 2 heterocycles. The Kier molecular flexibility index (Phi) is 2.55. The lowest BCUT2D eigenvalue weighted by Crippen LogP contribution is -2.10. The number of nitrogens with zero attached hydrogens (tertiary/aromatic N) is 3. The van der Waals surface area contributed by atoms with Gasteiger partial charge in [0, 0.05) is 30.7 Å². The van der Waals surface area contributed by atoms with Crippen LogP contribution in [0, 0.1) is 0 Å². The molecule has 2 aromatic rings. The molecule has 0 spiro atoms. The summed E-state index contributed by atoms with van der Waals surface area (Å²) in [5.74, 6) is 0.881. The first kappa shape index (κ1) is 8.90. The van der Waals surface area contributed by atoms with Gasteiger partial charge in [0.05, 0.1) is 0 Å². The summed E-state index contributed by atoms with van der Waals surface area (Å²) in [6, 6.07) is 5.86. The van der Waals surface area contributed by atoms with E-state index in [1.807, 2.05) is 31.4 Å². The molecule has 0 radical (unpaired) electrons. The summed E-state index contributed by atoms with van der Waals surface area (Å²) in [7, 11) is 1.92. The third-order valence-electron chi connectivity index (χ3n) is 1.96. The van der Waals surface area contributed by atoms with Crippen molar-refractivity contribution >= 4 is 0 Å². The highest BCUT2D eigenvalue weighted by molar-refractivity contribution is 5.32. The van der Waals surface area contributed by atoms with E-state index in [9.17, 15) is 0 Å². The molecule has 0 saturated carbocycles. The van der Waals surface area contributed by atoms with Gasteiger partial charge < -0.3 is 5.32 Å². The molecule has 14 heavy (non-hydrogen) atoms. The van der Waals surface area contributed by atoms with E-state index in [-0.39, 0.29) is 0 Å². The van der Waals surface area contributed by atoms with Gasteiger partial charge in [-0.05, 0) is 19.2 Å². The maximum atomic E-state index is 4.30. The molecule has 0 saturated heterocycles. The molecule has 0 unspecified atom stereocenters. The Morgan fingerprint density at radius 3 is 3.00 bits per heavy atom. The van der Waals surface area contributed by atoms with Gasteiger partial charge in [0.15, 0.2) is 5.82 Å². The summed E-state index contributed by atoms with van der Waals surface area (Å²) in [6.45, 7) is 0.795. The number of aromatic nitrogens is 3. The number of pyridine rings is 1. The van der Waals surface area contributed by atoms with Crippen molar-refractivity contribution in [3.63, 3.8) is 0 Å². The fourth-order valence-electron chi connectivity index (χ4n) is 1.36. The molecule has 1 N–H and O–H groups in total. The largest absolute Gasteiger partial charge is 0.316 e. The second-order valence-electron chi connectivity index (χ2n) is 2.97. The van der Waals surface area contributed by atoms with Crippen LogP contribution in [0.1, 0.15) is 5.56 Å². The van der Waals surface area contributed by atoms with Crippen molar-refractivity contribution in [2.45, 2.75) is 6.54 Å². The zero-order valence-electron chi connectivity index (χ0n) is 8.01. The zero-order valence-corrected chi connectivity index (χ0v) is 8.01. The standard InChI is InChI=1S/C10H12N4/c1-11-8-9-4-2-5-12-10(9)14-7-3-6-13-14/h2-7,11H,8H2,1H3. The van der Waals surface area contributed by atoms with E-state index in [0.717, 1.165) is 17.9 Å². The van der Waals surface area contributed by atoms with E-state index in [4.69, 9.17) is 0 Å². The molecule has 72 valence electrons. The molecule has 2 rings (SSSR count). The van der Waals surface area contributed by atoms with E-state index in [1.165, 1.54) is 0 Å². The van der Waals surface area contributed by atoms with E-state index >= 15 is 0 Å². The minimum Gasteiger partial charge on any atom is -0.316 e. The van der Waals surface area contributed by atoms with Crippen LogP contribution < -0.4 is 5.32 Å². The number of nitrogens with one attached hydrogen (secondary N) is 1. The topological polar surface area (TPSA) is 42.7 Å². The first-order chi connectivity index (χ1) is 6.92. The quantitative estimate of drug-likeness (QED) is 0.781. The average Bonchev–Trinajstić information content (AvgIpc) is 2.72. The lowest BCUT2D eigenvalue weighted by atomic mass is 10.2. The predicted octanol–water partition coefficient (Wildman–Crippen LogP) is 0.987. The summed E-state index contributed by atoms with van der Waals surface area (Å²) in [5, 5.41) is 7.26. The van der Waals surface area contributed by atoms with Crippen molar-refractivity contribution in [1.82, 2.24) is 20.1 Å². The maximum Gasteiger partial charge on any atom is 0.157 e. The molecule has 4 nitrogen and oxygen atoms in total. The first-order valence-corrected chi connectivity index (χ1v) is 4.50. The van der Waals surface area contributed by atoms with Gasteiger partial charge in [0.2, 0.25) is 0 Å². The van der Waals surface area contributed by atoms with Crippen LogP contribution in [0.3, 0.4) is 0 Å². The third-order valence-corrected chi connectivity index (χ3v) is 1.96. The van der Waals surface area contributed by atoms with Crippen molar-refractivity contribution in [2.24, 2.45) is 0 Å². The molecule has 0 aromatic carbocycles. The van der Waals surface area contributed by atoms with Crippen molar-refractivity contribution in [3.05, 3.63) is 42.4 Å². The number of hydrogen-bond donors (Lipinski definition) is 1. The third kappa shape index (κ3) is 1.65. The molecule has 0 aliphatic rings. The minimum atomic E-state index is 0.795. The van der Waals surface area contributed by atoms with Crippen LogP contribution >= 0.6 is 0 Å². The maximum absolute atomic E-state index is 4.30. The predicted molar refractivity (Wildman–Crippen MR) is 54.1 cm³/mol. The van der Waals surface area contributed by atoms with Crippen LogP contribution in [0.15, 0.2) is 36.8 Å². The van der Waals surface area contributed by atoms with Crippen molar-refractivity contribution in [3.8, 4) is 5.82 Å². The molecular formula is C10H12N4. The molecule has 0 atom stereocenters. The molecule has 0 fully saturated rings. The summed E-state index contributed by atoms with van der Waals surface area (Å²) in [6.07, 6.45) is 5.41. The lowest BCUT2D eigenvalue weighted by Gasteiger charge is -2.06. The van der Waals surface area contributed by atoms with Crippen LogP contribution in [0.2, 0.25) is 0 Å². The van der Waals surface area contributed by atoms with Crippen LogP contribution in [0.25, 0.3) is 5.82 Å². The summed E-state index contributed by atoms with van der Waals surface area (Å²) in [5.41, 5.74) is 1.14. The summed E-state index contributed by atoms with van der Waals surface area (Å²) < 4.78 is 1.77. The lowest BCUT2D eigenvalue weighted by molar-refractivity contribution is 0.771. The number of hydrogen-bond acceptors (Lipinski definition) is 3. The molecular weight excluding hydrogens is 176 g/mol. The van der Waals surface area contributed by atoms with Gasteiger partial charge in [-0.1, -0.05) is 6.07 Å². The highest BCUT2D eigenvalue weighted by Gasteiger charge is 2.03. The summed E-state index contributed by atoms with van der Waals surface area (Å²) in [4.78, 5) is 4.30. The molecule has 2 aromatic heterocycles. The second kappa shape index (κ2) is 4.02. The Labute approximate surface area is 82.6 Å². The summed E-state index contributed by atoms with van der Waals surface area (Å²) >= 11 is 0. The monoisotopic (exact) mass is 188 g/mol. The fourth-order valence-corrected chi connectivity index (χ4v) is 1.36. The van der Waals surface area contributed by atoms with Gasteiger partial charge in [0.25, 0.3) is 0 Å². The van der Waals surface area contributed by atoms with Crippen molar-refractivity contribution < 1.29 is 0 Å². The smallest absolute Gasteiger partial charge is 0.157 e. The van der Waals surface area contributed by atoms with E-state index in [1.54, 1.807) is 17.1 Å². The van der Waals surface area contributed by atoms with E-state index in [0.29, 0.717) is 0 Å². The van der Waals surface area contributed by atoms with Gasteiger partial charge in [-0.2, -0.15) is 5.10 Å². The average molecular weight is 188 g/mol. The number of rotatable bonds is 3. The van der Waals surface area contributed by atoms with Gasteiger partial charge in [-0.15, -0.1) is 0 Å². The zero-order chi connectivity index (χ0) is 9.80. The van der Waals surface area contributed by atoms with Crippen LogP contribution in [-0.2, 0) is 6.54 Å². The highest BCUT2D eigenvalue weighted by atomic mass is 15.3. The van der Waals surface area contributed by atoms with Gasteiger partial charge >= 0.3 is 0 Å². The Morgan fingerprint density at radius 1 is 1.36 bits per heavy atom. The van der Waals surface area contributed by atoms with Crippen LogP contribution in [0.4, 0.5) is 0 Å². The molecule has 0 amide bonds. The Morgan fingerprint density at radius 2 is 2.29 bits per heavy atom. The fraction of sp³-hybridized carbons (Fsp3) is 0.200. The molecule has 0 bridgehead atoms. The van der Waals surface area contributed by atoms with Crippen LogP contribution in [-0.4, -0.2) is 21.8 Å². The van der Waals surface area contributed by atoms with Gasteiger partial charge in [0.1, 0.15) is 0 Å². The molecule has 4 heteroatoms. The normalized spacial score (nSPS) is 10.4. The van der Waals surface area contributed by atoms with E-state index in [2.05, 4.69) is 15.4 Å². The molecule has 0 aliphatic carbocycles. The molecule has 0 aliphatic heterocycles. The second-order valence-corrected chi connectivity index (χ2v) is 2.97. The Balaban J connectivity index is 2.42. The minimum absolute atomic E-state index is 0.795. The van der Waals surface area contributed by atoms with E-state index < -0.39 is 0 Å². The highest BCUT2D eigenvalue weighted by Crippen LogP contribution is 2.09. The Bertz CT molecular complexity index is 394. The van der Waals surface area contributed by atoms with Gasteiger partial charge in [-0.25, -0.2) is 9.67 Å². The van der Waals surface area contributed by atoms with Gasteiger partial charge in [-0.3, -0.25) is 0 Å².